The number of nitrogens with zero attached hydrogens (tertiary/aromatic N) is 1. The molecular formula is C37H36F4N2O3. The third-order valence-electron chi connectivity index (χ3n) is 8.50. The number of alkyl halides is 3. The number of para-hydroxylation sites is 1. The van der Waals surface area contributed by atoms with Crippen molar-refractivity contribution in [2.24, 2.45) is 5.92 Å². The molecule has 1 aliphatic rings. The Morgan fingerprint density at radius 2 is 1.61 bits per heavy atom. The van der Waals surface area contributed by atoms with Crippen molar-refractivity contribution in [2.45, 2.75) is 64.8 Å². The van der Waals surface area contributed by atoms with Gasteiger partial charge in [0.1, 0.15) is 5.82 Å². The number of rotatable bonds is 7. The van der Waals surface area contributed by atoms with Crippen LogP contribution in [0.15, 0.2) is 84.9 Å². The normalized spacial score (nSPS) is 16.6. The predicted molar refractivity (Wildman–Crippen MR) is 170 cm³/mol. The van der Waals surface area contributed by atoms with E-state index in [0.717, 1.165) is 11.6 Å². The van der Waals surface area contributed by atoms with Gasteiger partial charge in [-0.05, 0) is 99.0 Å². The van der Waals surface area contributed by atoms with E-state index in [1.165, 1.54) is 36.1 Å². The Balaban J connectivity index is 1.62. The van der Waals surface area contributed by atoms with E-state index in [-0.39, 0.29) is 23.2 Å². The van der Waals surface area contributed by atoms with E-state index in [1.807, 2.05) is 12.1 Å². The zero-order valence-electron chi connectivity index (χ0n) is 26.1. The number of hydrogen-bond donors (Lipinski definition) is 2. The highest BCUT2D eigenvalue weighted by molar-refractivity contribution is 6.09. The van der Waals surface area contributed by atoms with Gasteiger partial charge in [0.15, 0.2) is 0 Å². The van der Waals surface area contributed by atoms with Gasteiger partial charge in [0, 0.05) is 11.4 Å². The third kappa shape index (κ3) is 6.99. The lowest BCUT2D eigenvalue weighted by Crippen LogP contribution is -2.47. The van der Waals surface area contributed by atoms with Crippen molar-refractivity contribution < 1.29 is 32.3 Å². The Bertz CT molecular complexity index is 1740. The Morgan fingerprint density at radius 3 is 2.26 bits per heavy atom. The molecule has 0 aliphatic carbocycles. The lowest BCUT2D eigenvalue weighted by Gasteiger charge is -2.42. The smallest absolute Gasteiger partial charge is 0.390 e. The van der Waals surface area contributed by atoms with Gasteiger partial charge in [0.05, 0.1) is 28.7 Å². The summed E-state index contributed by atoms with van der Waals surface area (Å²) >= 11 is 0. The van der Waals surface area contributed by atoms with Crippen molar-refractivity contribution in [3.05, 3.63) is 130 Å². The molecule has 240 valence electrons. The first-order valence-electron chi connectivity index (χ1n) is 15.1. The number of aryl methyl sites for hydroxylation is 3. The minimum Gasteiger partial charge on any atom is -0.390 e. The van der Waals surface area contributed by atoms with Crippen LogP contribution in [0.3, 0.4) is 0 Å². The second kappa shape index (κ2) is 12.7. The number of halogens is 4. The van der Waals surface area contributed by atoms with Gasteiger partial charge in [-0.1, -0.05) is 60.7 Å². The molecule has 0 saturated carbocycles. The number of fused-ring (bicyclic) bond motifs is 1. The Morgan fingerprint density at radius 1 is 0.913 bits per heavy atom. The van der Waals surface area contributed by atoms with Crippen LogP contribution < -0.4 is 10.2 Å². The minimum absolute atomic E-state index is 0.0228. The Labute approximate surface area is 265 Å². The largest absolute Gasteiger partial charge is 0.416 e. The molecule has 0 fully saturated rings. The van der Waals surface area contributed by atoms with Crippen LogP contribution in [0.4, 0.5) is 28.9 Å². The quantitative estimate of drug-likeness (QED) is 0.201. The van der Waals surface area contributed by atoms with Crippen LogP contribution in [0.2, 0.25) is 0 Å². The van der Waals surface area contributed by atoms with Gasteiger partial charge in [-0.2, -0.15) is 13.2 Å². The van der Waals surface area contributed by atoms with E-state index >= 15 is 4.39 Å². The second-order valence-electron chi connectivity index (χ2n) is 12.6. The molecule has 4 aromatic carbocycles. The number of carbonyl (C=O) groups excluding carboxylic acids is 2. The predicted octanol–water partition coefficient (Wildman–Crippen LogP) is 8.36. The van der Waals surface area contributed by atoms with Gasteiger partial charge < -0.3 is 10.4 Å². The van der Waals surface area contributed by atoms with Crippen molar-refractivity contribution in [2.75, 3.05) is 10.2 Å². The standard InChI is InChI=1S/C37H36F4N2O3/c1-22-12-17-27(21-29(22)37(39,40)41)42-34(44)28-20-26-9-5-6-11-31(26)43(35(45)32-23(2)8-7-10-30(32)38)33(28)25-15-13-24(14-16-25)18-19-36(3,4)46/h5-17,21,28,33,46H,18-20H2,1-4H3,(H,42,44)/t28-,33-/m0/s1. The fourth-order valence-electron chi connectivity index (χ4n) is 6.05. The molecule has 2 atom stereocenters. The van der Waals surface area contributed by atoms with Crippen LogP contribution in [0.5, 0.6) is 0 Å². The molecular weight excluding hydrogens is 596 g/mol. The molecule has 0 spiro atoms. The summed E-state index contributed by atoms with van der Waals surface area (Å²) in [5.41, 5.74) is 1.30. The first-order valence-corrected chi connectivity index (χ1v) is 15.1. The number of amides is 2. The van der Waals surface area contributed by atoms with Gasteiger partial charge in [-0.15, -0.1) is 0 Å². The van der Waals surface area contributed by atoms with Crippen molar-refractivity contribution >= 4 is 23.2 Å². The first kappa shape index (κ1) is 32.9. The van der Waals surface area contributed by atoms with E-state index in [0.29, 0.717) is 35.2 Å². The molecule has 1 heterocycles. The maximum Gasteiger partial charge on any atom is 0.416 e. The molecule has 0 radical (unpaired) electrons. The van der Waals surface area contributed by atoms with Crippen molar-refractivity contribution in [3.63, 3.8) is 0 Å². The molecule has 0 saturated heterocycles. The van der Waals surface area contributed by atoms with Crippen molar-refractivity contribution in [1.29, 1.82) is 0 Å². The number of carbonyl (C=O) groups is 2. The number of anilines is 2. The Hall–Kier alpha value is -4.50. The number of nitrogens with one attached hydrogen (secondary N) is 1. The van der Waals surface area contributed by atoms with Crippen LogP contribution in [0.1, 0.15) is 70.0 Å². The first-order chi connectivity index (χ1) is 21.6. The fraction of sp³-hybridized carbons (Fsp3) is 0.297. The monoisotopic (exact) mass is 632 g/mol. The van der Waals surface area contributed by atoms with Gasteiger partial charge in [-0.25, -0.2) is 4.39 Å². The van der Waals surface area contributed by atoms with Crippen LogP contribution in [0, 0.1) is 25.6 Å². The summed E-state index contributed by atoms with van der Waals surface area (Å²) < 4.78 is 56.3. The van der Waals surface area contributed by atoms with E-state index in [2.05, 4.69) is 5.32 Å². The van der Waals surface area contributed by atoms with E-state index in [4.69, 9.17) is 0 Å². The van der Waals surface area contributed by atoms with Crippen molar-refractivity contribution in [1.82, 2.24) is 0 Å². The summed E-state index contributed by atoms with van der Waals surface area (Å²) in [4.78, 5) is 29.9. The summed E-state index contributed by atoms with van der Waals surface area (Å²) in [6.45, 7) is 6.44. The molecule has 5 nitrogen and oxygen atoms in total. The number of hydrogen-bond acceptors (Lipinski definition) is 3. The zero-order valence-corrected chi connectivity index (χ0v) is 26.1. The summed E-state index contributed by atoms with van der Waals surface area (Å²) in [7, 11) is 0. The summed E-state index contributed by atoms with van der Waals surface area (Å²) in [6, 6.07) is 21.5. The SMILES string of the molecule is Cc1ccc(NC(=O)[C@H]2Cc3ccccc3N(C(=O)c3c(C)cccc3F)[C@H]2c2ccc(CCC(C)(C)O)cc2)cc1C(F)(F)F. The molecule has 2 N–H and O–H groups in total. The fourth-order valence-corrected chi connectivity index (χ4v) is 6.05. The molecule has 46 heavy (non-hydrogen) atoms. The molecule has 1 aliphatic heterocycles. The molecule has 5 rings (SSSR count). The van der Waals surface area contributed by atoms with Crippen molar-refractivity contribution in [3.8, 4) is 0 Å². The highest BCUT2D eigenvalue weighted by atomic mass is 19.4. The highest BCUT2D eigenvalue weighted by Crippen LogP contribution is 2.44. The highest BCUT2D eigenvalue weighted by Gasteiger charge is 2.43. The molecule has 0 bridgehead atoms. The van der Waals surface area contributed by atoms with E-state index < -0.39 is 46.9 Å². The molecule has 2 amide bonds. The van der Waals surface area contributed by atoms with E-state index in [1.54, 1.807) is 63.2 Å². The number of benzene rings is 4. The van der Waals surface area contributed by atoms with Crippen LogP contribution in [-0.4, -0.2) is 22.5 Å². The average Bonchev–Trinajstić information content (AvgIpc) is 2.99. The molecule has 0 unspecified atom stereocenters. The van der Waals surface area contributed by atoms with Gasteiger partial charge in [0.25, 0.3) is 5.91 Å². The number of aliphatic hydroxyl groups is 1. The summed E-state index contributed by atoms with van der Waals surface area (Å²) in [6.07, 6.45) is -3.31. The lowest BCUT2D eigenvalue weighted by atomic mass is 9.80. The average molecular weight is 633 g/mol. The molecule has 4 aromatic rings. The van der Waals surface area contributed by atoms with Crippen LogP contribution in [-0.2, 0) is 23.8 Å². The summed E-state index contributed by atoms with van der Waals surface area (Å²) in [5, 5.41) is 12.9. The van der Waals surface area contributed by atoms with Gasteiger partial charge >= 0.3 is 6.18 Å². The maximum absolute atomic E-state index is 15.3. The molecule has 9 heteroatoms. The van der Waals surface area contributed by atoms with Gasteiger partial charge in [-0.3, -0.25) is 14.5 Å². The van der Waals surface area contributed by atoms with Crippen LogP contribution >= 0.6 is 0 Å². The lowest BCUT2D eigenvalue weighted by molar-refractivity contribution is -0.138. The van der Waals surface area contributed by atoms with Gasteiger partial charge in [0.2, 0.25) is 5.91 Å². The molecule has 0 aromatic heterocycles. The topological polar surface area (TPSA) is 69.6 Å². The minimum atomic E-state index is -4.61. The maximum atomic E-state index is 15.3. The zero-order chi connectivity index (χ0) is 33.4. The summed E-state index contributed by atoms with van der Waals surface area (Å²) in [5.74, 6) is -2.85. The van der Waals surface area contributed by atoms with Crippen LogP contribution in [0.25, 0.3) is 0 Å². The third-order valence-corrected chi connectivity index (χ3v) is 8.50. The Kier molecular flexibility index (Phi) is 9.09. The van der Waals surface area contributed by atoms with E-state index in [9.17, 15) is 27.9 Å². The second-order valence-corrected chi connectivity index (χ2v) is 12.6.